The van der Waals surface area contributed by atoms with E-state index in [1.165, 1.54) is 16.9 Å². The zero-order valence-electron chi connectivity index (χ0n) is 13.0. The Balaban J connectivity index is 1.61. The summed E-state index contributed by atoms with van der Waals surface area (Å²) in [5, 5.41) is 2.81. The summed E-state index contributed by atoms with van der Waals surface area (Å²) in [6.07, 6.45) is 0. The molecule has 2 aromatic rings. The lowest BCUT2D eigenvalue weighted by Crippen LogP contribution is -2.53. The topological polar surface area (TPSA) is 36.4 Å². The smallest absolute Gasteiger partial charge is 0.273 e. The van der Waals surface area contributed by atoms with Crippen molar-refractivity contribution in [3.8, 4) is 0 Å². The van der Waals surface area contributed by atoms with Gasteiger partial charge in [0.25, 0.3) is 5.91 Å². The molecule has 3 rings (SSSR count). The Labute approximate surface area is 135 Å². The molecular weight excluding hydrogens is 294 g/mol. The minimum absolute atomic E-state index is 0.0659. The van der Waals surface area contributed by atoms with Gasteiger partial charge in [-0.05, 0) is 19.4 Å². The van der Waals surface area contributed by atoms with E-state index < -0.39 is 0 Å². The van der Waals surface area contributed by atoms with Crippen LogP contribution in [-0.2, 0) is 6.54 Å². The van der Waals surface area contributed by atoms with Gasteiger partial charge in [0.05, 0.1) is 5.01 Å². The van der Waals surface area contributed by atoms with Gasteiger partial charge in [-0.25, -0.2) is 4.98 Å². The Kier molecular flexibility index (Phi) is 4.55. The van der Waals surface area contributed by atoms with Crippen molar-refractivity contribution in [2.45, 2.75) is 26.4 Å². The number of hydrogen-bond donors (Lipinski definition) is 0. The summed E-state index contributed by atoms with van der Waals surface area (Å²) in [5.74, 6) is 0.0659. The zero-order chi connectivity index (χ0) is 15.5. The number of piperazine rings is 1. The monoisotopic (exact) mass is 315 g/mol. The van der Waals surface area contributed by atoms with E-state index in [0.717, 1.165) is 31.2 Å². The number of aryl methyl sites for hydroxylation is 1. The van der Waals surface area contributed by atoms with Crippen LogP contribution in [0.2, 0.25) is 0 Å². The largest absolute Gasteiger partial charge is 0.332 e. The van der Waals surface area contributed by atoms with E-state index in [9.17, 15) is 4.79 Å². The maximum atomic E-state index is 12.5. The van der Waals surface area contributed by atoms with Crippen LogP contribution in [0.3, 0.4) is 0 Å². The summed E-state index contributed by atoms with van der Waals surface area (Å²) in [6.45, 7) is 7.58. The van der Waals surface area contributed by atoms with Gasteiger partial charge in [-0.1, -0.05) is 30.3 Å². The quantitative estimate of drug-likeness (QED) is 0.874. The molecule has 1 aromatic carbocycles. The number of carbonyl (C=O) groups is 1. The highest BCUT2D eigenvalue weighted by molar-refractivity contribution is 7.09. The fraction of sp³-hybridized carbons (Fsp3) is 0.412. The van der Waals surface area contributed by atoms with Crippen LogP contribution in [0.5, 0.6) is 0 Å². The second kappa shape index (κ2) is 6.58. The van der Waals surface area contributed by atoms with E-state index in [2.05, 4.69) is 41.1 Å². The molecule has 0 N–H and O–H groups in total. The third-order valence-corrected chi connectivity index (χ3v) is 4.83. The predicted molar refractivity (Wildman–Crippen MR) is 89.1 cm³/mol. The molecule has 0 saturated carbocycles. The van der Waals surface area contributed by atoms with Gasteiger partial charge in [0, 0.05) is 37.6 Å². The molecule has 0 spiro atoms. The summed E-state index contributed by atoms with van der Waals surface area (Å²) in [6, 6.07) is 10.7. The van der Waals surface area contributed by atoms with Crippen molar-refractivity contribution in [3.63, 3.8) is 0 Å². The molecular formula is C17H21N3OS. The first-order valence-electron chi connectivity index (χ1n) is 7.63. The normalized spacial score (nSPS) is 19.4. The number of thiazole rings is 1. The molecule has 2 heterocycles. The second-order valence-corrected chi connectivity index (χ2v) is 6.88. The van der Waals surface area contributed by atoms with Crippen LogP contribution in [0.15, 0.2) is 35.7 Å². The molecule has 1 saturated heterocycles. The van der Waals surface area contributed by atoms with Crippen LogP contribution in [0, 0.1) is 6.92 Å². The lowest BCUT2D eigenvalue weighted by Gasteiger charge is -2.39. The van der Waals surface area contributed by atoms with Crippen LogP contribution in [0.4, 0.5) is 0 Å². The summed E-state index contributed by atoms with van der Waals surface area (Å²) >= 11 is 1.53. The van der Waals surface area contributed by atoms with Crippen molar-refractivity contribution in [1.82, 2.24) is 14.8 Å². The molecule has 1 unspecified atom stereocenters. The predicted octanol–water partition coefficient (Wildman–Crippen LogP) is 2.80. The Hall–Kier alpha value is -1.72. The Morgan fingerprint density at radius 3 is 2.73 bits per heavy atom. The SMILES string of the molecule is Cc1nc(C(=O)N2CCN(Cc3ccccc3)CC2C)cs1. The average molecular weight is 315 g/mol. The summed E-state index contributed by atoms with van der Waals surface area (Å²) in [5.41, 5.74) is 1.91. The zero-order valence-corrected chi connectivity index (χ0v) is 13.8. The van der Waals surface area contributed by atoms with Gasteiger partial charge in [0.1, 0.15) is 5.69 Å². The molecule has 1 aromatic heterocycles. The maximum absolute atomic E-state index is 12.5. The highest BCUT2D eigenvalue weighted by Gasteiger charge is 2.29. The van der Waals surface area contributed by atoms with Gasteiger partial charge >= 0.3 is 0 Å². The van der Waals surface area contributed by atoms with Gasteiger partial charge in [-0.3, -0.25) is 9.69 Å². The molecule has 0 aliphatic carbocycles. The van der Waals surface area contributed by atoms with Crippen molar-refractivity contribution in [2.24, 2.45) is 0 Å². The number of aromatic nitrogens is 1. The number of nitrogens with zero attached hydrogens (tertiary/aromatic N) is 3. The number of hydrogen-bond acceptors (Lipinski definition) is 4. The lowest BCUT2D eigenvalue weighted by molar-refractivity contribution is 0.0470. The van der Waals surface area contributed by atoms with Gasteiger partial charge < -0.3 is 4.90 Å². The Morgan fingerprint density at radius 2 is 2.09 bits per heavy atom. The van der Waals surface area contributed by atoms with Crippen molar-refractivity contribution in [3.05, 3.63) is 52.0 Å². The molecule has 5 heteroatoms. The number of benzene rings is 1. The number of rotatable bonds is 3. The summed E-state index contributed by atoms with van der Waals surface area (Å²) in [4.78, 5) is 21.2. The standard InChI is InChI=1S/C17H21N3OS/c1-13-10-19(11-15-6-4-3-5-7-15)8-9-20(13)17(21)16-12-22-14(2)18-16/h3-7,12-13H,8-11H2,1-2H3. The second-order valence-electron chi connectivity index (χ2n) is 5.82. The number of carbonyl (C=O) groups excluding carboxylic acids is 1. The van der Waals surface area contributed by atoms with E-state index >= 15 is 0 Å². The van der Waals surface area contributed by atoms with Crippen molar-refractivity contribution < 1.29 is 4.79 Å². The lowest BCUT2D eigenvalue weighted by atomic mass is 10.1. The molecule has 1 aliphatic heterocycles. The Morgan fingerprint density at radius 1 is 1.32 bits per heavy atom. The van der Waals surface area contributed by atoms with E-state index in [0.29, 0.717) is 5.69 Å². The van der Waals surface area contributed by atoms with Crippen LogP contribution in [0.1, 0.15) is 28.0 Å². The molecule has 1 atom stereocenters. The first kappa shape index (κ1) is 15.2. The molecule has 1 aliphatic rings. The van der Waals surface area contributed by atoms with Crippen LogP contribution in [0.25, 0.3) is 0 Å². The molecule has 1 amide bonds. The van der Waals surface area contributed by atoms with Gasteiger partial charge in [0.2, 0.25) is 0 Å². The third-order valence-electron chi connectivity index (χ3n) is 4.06. The van der Waals surface area contributed by atoms with Crippen LogP contribution >= 0.6 is 11.3 Å². The van der Waals surface area contributed by atoms with E-state index in [4.69, 9.17) is 0 Å². The first-order valence-corrected chi connectivity index (χ1v) is 8.51. The first-order chi connectivity index (χ1) is 10.6. The van der Waals surface area contributed by atoms with E-state index in [-0.39, 0.29) is 11.9 Å². The van der Waals surface area contributed by atoms with Gasteiger partial charge in [0.15, 0.2) is 0 Å². The summed E-state index contributed by atoms with van der Waals surface area (Å²) in [7, 11) is 0. The Bertz CT molecular complexity index is 640. The summed E-state index contributed by atoms with van der Waals surface area (Å²) < 4.78 is 0. The molecule has 4 nitrogen and oxygen atoms in total. The van der Waals surface area contributed by atoms with Crippen molar-refractivity contribution in [1.29, 1.82) is 0 Å². The molecule has 116 valence electrons. The van der Waals surface area contributed by atoms with Crippen LogP contribution < -0.4 is 0 Å². The highest BCUT2D eigenvalue weighted by Crippen LogP contribution is 2.17. The fourth-order valence-corrected chi connectivity index (χ4v) is 3.52. The number of amides is 1. The molecule has 0 radical (unpaired) electrons. The molecule has 1 fully saturated rings. The van der Waals surface area contributed by atoms with E-state index in [1.807, 2.05) is 23.3 Å². The van der Waals surface area contributed by atoms with Gasteiger partial charge in [-0.2, -0.15) is 0 Å². The maximum Gasteiger partial charge on any atom is 0.273 e. The minimum atomic E-state index is 0.0659. The molecule has 0 bridgehead atoms. The van der Waals surface area contributed by atoms with Gasteiger partial charge in [-0.15, -0.1) is 11.3 Å². The minimum Gasteiger partial charge on any atom is -0.332 e. The van der Waals surface area contributed by atoms with Crippen molar-refractivity contribution in [2.75, 3.05) is 19.6 Å². The van der Waals surface area contributed by atoms with Crippen molar-refractivity contribution >= 4 is 17.2 Å². The fourth-order valence-electron chi connectivity index (χ4n) is 2.93. The molecule has 22 heavy (non-hydrogen) atoms. The van der Waals surface area contributed by atoms with E-state index in [1.54, 1.807) is 0 Å². The highest BCUT2D eigenvalue weighted by atomic mass is 32.1. The van der Waals surface area contributed by atoms with Crippen LogP contribution in [-0.4, -0.2) is 46.4 Å². The average Bonchev–Trinajstić information content (AvgIpc) is 2.94. The third kappa shape index (κ3) is 3.36.